The molecule has 0 radical (unpaired) electrons. The maximum absolute atomic E-state index is 5.93. The fraction of sp³-hybridized carbons (Fsp3) is 0.444. The average Bonchev–Trinajstić information content (AvgIpc) is 2.05. The second kappa shape index (κ2) is 3.76. The summed E-state index contributed by atoms with van der Waals surface area (Å²) in [7, 11) is 1.60. The highest BCUT2D eigenvalue weighted by Gasteiger charge is 2.07. The second-order valence-electron chi connectivity index (χ2n) is 2.88. The van der Waals surface area contributed by atoms with Gasteiger partial charge < -0.3 is 4.74 Å². The van der Waals surface area contributed by atoms with Crippen LogP contribution >= 0.6 is 11.6 Å². The Kier molecular flexibility index (Phi) is 2.93. The van der Waals surface area contributed by atoms with E-state index in [1.807, 2.05) is 19.9 Å². The number of rotatable bonds is 2. The van der Waals surface area contributed by atoms with Crippen molar-refractivity contribution in [1.82, 2.24) is 4.98 Å². The molecule has 0 atom stereocenters. The predicted octanol–water partition coefficient (Wildman–Crippen LogP) is 2.87. The summed E-state index contributed by atoms with van der Waals surface area (Å²) < 4.78 is 4.99. The fourth-order valence-corrected chi connectivity index (χ4v) is 1.28. The Morgan fingerprint density at radius 3 is 2.58 bits per heavy atom. The Labute approximate surface area is 77.5 Å². The minimum Gasteiger partial charge on any atom is -0.481 e. The standard InChI is InChI=1S/C9H12ClNO/c1-6(2)9-7(10)4-5-8(11-9)12-3/h4-6H,1-3H3. The molecule has 0 aliphatic heterocycles. The third-order valence-electron chi connectivity index (χ3n) is 1.60. The number of hydrogen-bond donors (Lipinski definition) is 0. The van der Waals surface area contributed by atoms with E-state index in [0.717, 1.165) is 5.69 Å². The van der Waals surface area contributed by atoms with E-state index < -0.39 is 0 Å². The molecular formula is C9H12ClNO. The first-order valence-electron chi connectivity index (χ1n) is 3.85. The maximum Gasteiger partial charge on any atom is 0.213 e. The van der Waals surface area contributed by atoms with Crippen LogP contribution < -0.4 is 4.74 Å². The summed E-state index contributed by atoms with van der Waals surface area (Å²) in [5.41, 5.74) is 0.885. The van der Waals surface area contributed by atoms with E-state index in [-0.39, 0.29) is 0 Å². The summed E-state index contributed by atoms with van der Waals surface area (Å²) in [5, 5.41) is 0.700. The van der Waals surface area contributed by atoms with Gasteiger partial charge in [-0.15, -0.1) is 0 Å². The molecule has 1 aromatic rings. The molecule has 0 spiro atoms. The lowest BCUT2D eigenvalue weighted by atomic mass is 10.1. The summed E-state index contributed by atoms with van der Waals surface area (Å²) in [6, 6.07) is 3.57. The molecule has 0 saturated carbocycles. The molecular weight excluding hydrogens is 174 g/mol. The van der Waals surface area contributed by atoms with Gasteiger partial charge in [0, 0.05) is 6.07 Å². The molecule has 0 saturated heterocycles. The highest BCUT2D eigenvalue weighted by molar-refractivity contribution is 6.31. The largest absolute Gasteiger partial charge is 0.481 e. The van der Waals surface area contributed by atoms with Gasteiger partial charge in [0.25, 0.3) is 0 Å². The Morgan fingerprint density at radius 1 is 1.42 bits per heavy atom. The fourth-order valence-electron chi connectivity index (χ4n) is 0.958. The molecule has 0 aromatic carbocycles. The maximum atomic E-state index is 5.93. The van der Waals surface area contributed by atoms with Gasteiger partial charge in [-0.3, -0.25) is 0 Å². The van der Waals surface area contributed by atoms with Crippen LogP contribution in [0.5, 0.6) is 5.88 Å². The van der Waals surface area contributed by atoms with Crippen molar-refractivity contribution in [3.8, 4) is 5.88 Å². The van der Waals surface area contributed by atoms with E-state index in [0.29, 0.717) is 16.8 Å². The molecule has 0 N–H and O–H groups in total. The van der Waals surface area contributed by atoms with Crippen molar-refractivity contribution in [2.75, 3.05) is 7.11 Å². The van der Waals surface area contributed by atoms with Crippen molar-refractivity contribution >= 4 is 11.6 Å². The molecule has 1 rings (SSSR count). The Morgan fingerprint density at radius 2 is 2.08 bits per heavy atom. The summed E-state index contributed by atoms with van der Waals surface area (Å²) in [6.07, 6.45) is 0. The number of aromatic nitrogens is 1. The van der Waals surface area contributed by atoms with Crippen molar-refractivity contribution in [3.05, 3.63) is 22.8 Å². The molecule has 0 fully saturated rings. The molecule has 1 aromatic heterocycles. The van der Waals surface area contributed by atoms with Crippen LogP contribution in [0.2, 0.25) is 5.02 Å². The first-order valence-corrected chi connectivity index (χ1v) is 4.23. The molecule has 0 aliphatic carbocycles. The van der Waals surface area contributed by atoms with Crippen LogP contribution in [0.4, 0.5) is 0 Å². The lowest BCUT2D eigenvalue weighted by molar-refractivity contribution is 0.395. The monoisotopic (exact) mass is 185 g/mol. The third kappa shape index (κ3) is 1.89. The number of nitrogens with zero attached hydrogens (tertiary/aromatic N) is 1. The first-order chi connectivity index (χ1) is 5.65. The summed E-state index contributed by atoms with van der Waals surface area (Å²) >= 11 is 5.93. The molecule has 0 amide bonds. The van der Waals surface area contributed by atoms with Crippen LogP contribution in [0.3, 0.4) is 0 Å². The Bertz CT molecular complexity index is 273. The van der Waals surface area contributed by atoms with Crippen molar-refractivity contribution in [2.45, 2.75) is 19.8 Å². The molecule has 3 heteroatoms. The third-order valence-corrected chi connectivity index (χ3v) is 1.92. The highest BCUT2D eigenvalue weighted by Crippen LogP contribution is 2.24. The molecule has 66 valence electrons. The lowest BCUT2D eigenvalue weighted by Crippen LogP contribution is -1.96. The zero-order chi connectivity index (χ0) is 9.14. The van der Waals surface area contributed by atoms with Crippen molar-refractivity contribution in [3.63, 3.8) is 0 Å². The second-order valence-corrected chi connectivity index (χ2v) is 3.28. The number of pyridine rings is 1. The Hall–Kier alpha value is -0.760. The van der Waals surface area contributed by atoms with Gasteiger partial charge in [0.05, 0.1) is 17.8 Å². The molecule has 0 unspecified atom stereocenters. The van der Waals surface area contributed by atoms with E-state index in [2.05, 4.69) is 4.98 Å². The minimum atomic E-state index is 0.326. The number of ether oxygens (including phenoxy) is 1. The average molecular weight is 186 g/mol. The van der Waals surface area contributed by atoms with Crippen molar-refractivity contribution in [2.24, 2.45) is 0 Å². The molecule has 2 nitrogen and oxygen atoms in total. The van der Waals surface area contributed by atoms with Gasteiger partial charge in [0.2, 0.25) is 5.88 Å². The van der Waals surface area contributed by atoms with Crippen LogP contribution in [-0.4, -0.2) is 12.1 Å². The van der Waals surface area contributed by atoms with Gasteiger partial charge >= 0.3 is 0 Å². The quantitative estimate of drug-likeness (QED) is 0.707. The normalized spacial score (nSPS) is 10.4. The van der Waals surface area contributed by atoms with Gasteiger partial charge in [0.15, 0.2) is 0 Å². The van der Waals surface area contributed by atoms with Gasteiger partial charge in [-0.1, -0.05) is 25.4 Å². The van der Waals surface area contributed by atoms with Crippen molar-refractivity contribution < 1.29 is 4.74 Å². The van der Waals surface area contributed by atoms with Crippen LogP contribution in [0, 0.1) is 0 Å². The molecule has 0 aliphatic rings. The summed E-state index contributed by atoms with van der Waals surface area (Å²) in [5.74, 6) is 0.940. The zero-order valence-electron chi connectivity index (χ0n) is 7.47. The summed E-state index contributed by atoms with van der Waals surface area (Å²) in [4.78, 5) is 4.24. The Balaban J connectivity index is 3.08. The number of hydrogen-bond acceptors (Lipinski definition) is 2. The highest BCUT2D eigenvalue weighted by atomic mass is 35.5. The minimum absolute atomic E-state index is 0.326. The molecule has 0 bridgehead atoms. The smallest absolute Gasteiger partial charge is 0.213 e. The zero-order valence-corrected chi connectivity index (χ0v) is 8.22. The van der Waals surface area contributed by atoms with E-state index in [4.69, 9.17) is 16.3 Å². The van der Waals surface area contributed by atoms with E-state index in [1.165, 1.54) is 0 Å². The topological polar surface area (TPSA) is 22.1 Å². The van der Waals surface area contributed by atoms with Crippen LogP contribution in [0.25, 0.3) is 0 Å². The summed E-state index contributed by atoms with van der Waals surface area (Å²) in [6.45, 7) is 4.10. The first kappa shape index (κ1) is 9.33. The van der Waals surface area contributed by atoms with Gasteiger partial charge in [-0.25, -0.2) is 4.98 Å². The van der Waals surface area contributed by atoms with E-state index in [9.17, 15) is 0 Å². The van der Waals surface area contributed by atoms with Gasteiger partial charge in [-0.2, -0.15) is 0 Å². The number of halogens is 1. The molecule has 12 heavy (non-hydrogen) atoms. The van der Waals surface area contributed by atoms with E-state index >= 15 is 0 Å². The van der Waals surface area contributed by atoms with Crippen LogP contribution in [0.1, 0.15) is 25.5 Å². The van der Waals surface area contributed by atoms with Gasteiger partial charge in [0.1, 0.15) is 0 Å². The van der Waals surface area contributed by atoms with E-state index in [1.54, 1.807) is 13.2 Å². The van der Waals surface area contributed by atoms with Crippen molar-refractivity contribution in [1.29, 1.82) is 0 Å². The van der Waals surface area contributed by atoms with Crippen LogP contribution in [-0.2, 0) is 0 Å². The lowest BCUT2D eigenvalue weighted by Gasteiger charge is -2.07. The van der Waals surface area contributed by atoms with Gasteiger partial charge in [-0.05, 0) is 12.0 Å². The van der Waals surface area contributed by atoms with Crippen LogP contribution in [0.15, 0.2) is 12.1 Å². The predicted molar refractivity (Wildman–Crippen MR) is 49.9 cm³/mol. The SMILES string of the molecule is COc1ccc(Cl)c(C(C)C)n1. The number of methoxy groups -OCH3 is 1. The molecule has 1 heterocycles.